The summed E-state index contributed by atoms with van der Waals surface area (Å²) in [7, 11) is 0. The zero-order valence-electron chi connectivity index (χ0n) is 23.8. The molecule has 0 aliphatic carbocycles. The molecule has 0 unspecified atom stereocenters. The first-order chi connectivity index (χ1) is 20.1. The number of aromatic carboxylic acids is 1. The number of esters is 1. The SMILES string of the molecule is CCOC(=O)C1=C(C)N=c2s/c(=C\c3ccc(-c4cc(C(=O)O)ccc4C)o3)c(=O)n2[C@H]1c1ccc(OC(C)C)cc1. The maximum atomic E-state index is 13.9. The van der Waals surface area contributed by atoms with Crippen molar-refractivity contribution in [2.75, 3.05) is 6.61 Å². The van der Waals surface area contributed by atoms with Gasteiger partial charge >= 0.3 is 11.9 Å². The number of hydrogen-bond acceptors (Lipinski definition) is 8. The van der Waals surface area contributed by atoms with Crippen LogP contribution in [-0.4, -0.2) is 34.3 Å². The van der Waals surface area contributed by atoms with Gasteiger partial charge in [0.15, 0.2) is 4.80 Å². The van der Waals surface area contributed by atoms with Gasteiger partial charge in [-0.3, -0.25) is 9.36 Å². The molecule has 5 rings (SSSR count). The van der Waals surface area contributed by atoms with Crippen LogP contribution >= 0.6 is 11.3 Å². The molecule has 1 aliphatic rings. The van der Waals surface area contributed by atoms with Gasteiger partial charge in [-0.2, -0.15) is 0 Å². The number of benzene rings is 2. The summed E-state index contributed by atoms with van der Waals surface area (Å²) in [6.45, 7) is 9.39. The number of rotatable bonds is 8. The Balaban J connectivity index is 1.60. The first kappa shape index (κ1) is 28.8. The van der Waals surface area contributed by atoms with Gasteiger partial charge in [0.25, 0.3) is 5.56 Å². The summed E-state index contributed by atoms with van der Waals surface area (Å²) in [6.07, 6.45) is 1.63. The third kappa shape index (κ3) is 5.58. The molecule has 1 N–H and O–H groups in total. The van der Waals surface area contributed by atoms with Gasteiger partial charge in [0.1, 0.15) is 17.3 Å². The Morgan fingerprint density at radius 1 is 1.12 bits per heavy atom. The second-order valence-corrected chi connectivity index (χ2v) is 11.1. The summed E-state index contributed by atoms with van der Waals surface area (Å²) >= 11 is 1.19. The van der Waals surface area contributed by atoms with Gasteiger partial charge in [-0.15, -0.1) is 0 Å². The topological polar surface area (TPSA) is 120 Å². The van der Waals surface area contributed by atoms with E-state index in [1.807, 2.05) is 45.0 Å². The number of carboxylic acid groups (broad SMARTS) is 1. The Kier molecular flexibility index (Phi) is 8.00. The van der Waals surface area contributed by atoms with E-state index in [2.05, 4.69) is 4.99 Å². The number of carbonyl (C=O) groups is 2. The molecule has 9 nitrogen and oxygen atoms in total. The third-order valence-electron chi connectivity index (χ3n) is 6.73. The lowest BCUT2D eigenvalue weighted by atomic mass is 9.96. The van der Waals surface area contributed by atoms with Crippen molar-refractivity contribution in [2.24, 2.45) is 4.99 Å². The van der Waals surface area contributed by atoms with Crippen LogP contribution in [0.1, 0.15) is 61.0 Å². The highest BCUT2D eigenvalue weighted by Gasteiger charge is 2.33. The first-order valence-electron chi connectivity index (χ1n) is 13.5. The molecular weight excluding hydrogens is 556 g/mol. The second kappa shape index (κ2) is 11.7. The molecule has 0 fully saturated rings. The molecule has 216 valence electrons. The van der Waals surface area contributed by atoms with E-state index in [0.717, 1.165) is 5.56 Å². The minimum atomic E-state index is -1.03. The summed E-state index contributed by atoms with van der Waals surface area (Å²) in [6, 6.07) is 14.8. The zero-order valence-corrected chi connectivity index (χ0v) is 24.7. The molecule has 1 atom stereocenters. The molecule has 1 aliphatic heterocycles. The number of hydrogen-bond donors (Lipinski definition) is 1. The quantitative estimate of drug-likeness (QED) is 0.293. The van der Waals surface area contributed by atoms with Gasteiger partial charge in [0.05, 0.1) is 40.1 Å². The fraction of sp³-hybridized carbons (Fsp3) is 0.250. The van der Waals surface area contributed by atoms with Crippen molar-refractivity contribution in [3.63, 3.8) is 0 Å². The zero-order chi connectivity index (χ0) is 30.1. The maximum absolute atomic E-state index is 13.9. The highest BCUT2D eigenvalue weighted by molar-refractivity contribution is 7.07. The number of ether oxygens (including phenoxy) is 2. The Morgan fingerprint density at radius 3 is 2.52 bits per heavy atom. The molecule has 2 aromatic carbocycles. The van der Waals surface area contributed by atoms with E-state index >= 15 is 0 Å². The lowest BCUT2D eigenvalue weighted by molar-refractivity contribution is -0.139. The lowest BCUT2D eigenvalue weighted by Gasteiger charge is -2.25. The number of furan rings is 1. The van der Waals surface area contributed by atoms with E-state index < -0.39 is 18.0 Å². The monoisotopic (exact) mass is 586 g/mol. The number of thiazole rings is 1. The second-order valence-electron chi connectivity index (χ2n) is 10.1. The van der Waals surface area contributed by atoms with Crippen molar-refractivity contribution < 1.29 is 28.6 Å². The number of fused-ring (bicyclic) bond motifs is 1. The number of aryl methyl sites for hydroxylation is 1. The summed E-state index contributed by atoms with van der Waals surface area (Å²) in [5.74, 6) is 0.0193. The van der Waals surface area contributed by atoms with Crippen molar-refractivity contribution in [2.45, 2.75) is 46.8 Å². The highest BCUT2D eigenvalue weighted by Crippen LogP contribution is 2.32. The molecular formula is C32H30N2O7S. The van der Waals surface area contributed by atoms with Gasteiger partial charge in [-0.1, -0.05) is 29.5 Å². The maximum Gasteiger partial charge on any atom is 0.338 e. The molecule has 0 spiro atoms. The largest absolute Gasteiger partial charge is 0.491 e. The van der Waals surface area contributed by atoms with Crippen molar-refractivity contribution in [3.05, 3.63) is 108 Å². The number of carboxylic acids is 1. The average molecular weight is 587 g/mol. The van der Waals surface area contributed by atoms with Gasteiger partial charge in [0.2, 0.25) is 0 Å². The van der Waals surface area contributed by atoms with Crippen molar-refractivity contribution >= 4 is 29.4 Å². The summed E-state index contributed by atoms with van der Waals surface area (Å²) in [4.78, 5) is 43.5. The summed E-state index contributed by atoms with van der Waals surface area (Å²) < 4.78 is 19.0. The van der Waals surface area contributed by atoms with E-state index in [-0.39, 0.29) is 23.8 Å². The minimum absolute atomic E-state index is 0.00195. The van der Waals surface area contributed by atoms with E-state index in [9.17, 15) is 19.5 Å². The molecule has 10 heteroatoms. The van der Waals surface area contributed by atoms with E-state index in [1.54, 1.807) is 50.3 Å². The first-order valence-corrected chi connectivity index (χ1v) is 14.3. The van der Waals surface area contributed by atoms with Crippen molar-refractivity contribution in [1.82, 2.24) is 4.57 Å². The van der Waals surface area contributed by atoms with Crippen LogP contribution in [0.5, 0.6) is 5.75 Å². The van der Waals surface area contributed by atoms with Crippen LogP contribution in [0.4, 0.5) is 0 Å². The Hall–Kier alpha value is -4.70. The van der Waals surface area contributed by atoms with Gasteiger partial charge in [-0.25, -0.2) is 14.6 Å². The van der Waals surface area contributed by atoms with Gasteiger partial charge < -0.3 is 19.0 Å². The van der Waals surface area contributed by atoms with E-state index in [1.165, 1.54) is 15.9 Å². The highest BCUT2D eigenvalue weighted by atomic mass is 32.1. The number of aromatic nitrogens is 1. The average Bonchev–Trinajstić information content (AvgIpc) is 3.52. The molecule has 0 saturated carbocycles. The predicted octanol–water partition coefficient (Wildman–Crippen LogP) is 4.85. The predicted molar refractivity (Wildman–Crippen MR) is 158 cm³/mol. The smallest absolute Gasteiger partial charge is 0.338 e. The molecule has 2 aromatic heterocycles. The molecule has 0 radical (unpaired) electrons. The van der Waals surface area contributed by atoms with E-state index in [4.69, 9.17) is 13.9 Å². The molecule has 4 aromatic rings. The molecule has 0 bridgehead atoms. The summed E-state index contributed by atoms with van der Waals surface area (Å²) in [5, 5.41) is 9.39. The van der Waals surface area contributed by atoms with Gasteiger partial charge in [-0.05, 0) is 82.1 Å². The van der Waals surface area contributed by atoms with Crippen LogP contribution in [0, 0.1) is 6.92 Å². The van der Waals surface area contributed by atoms with Crippen molar-refractivity contribution in [1.29, 1.82) is 0 Å². The number of allylic oxidation sites excluding steroid dienone is 1. The van der Waals surface area contributed by atoms with Crippen LogP contribution in [0.2, 0.25) is 0 Å². The van der Waals surface area contributed by atoms with E-state index in [0.29, 0.717) is 49.0 Å². The normalized spacial score (nSPS) is 15.0. The molecule has 0 amide bonds. The van der Waals surface area contributed by atoms with Crippen LogP contribution in [0.15, 0.2) is 80.1 Å². The lowest BCUT2D eigenvalue weighted by Crippen LogP contribution is -2.39. The van der Waals surface area contributed by atoms with Crippen molar-refractivity contribution in [3.8, 4) is 17.1 Å². The Morgan fingerprint density at radius 2 is 1.86 bits per heavy atom. The standard InChI is InChI=1S/C32H30N2O7S/c1-6-39-31(38)27-19(5)33-32-34(28(27)20-9-11-22(12-10-20)40-17(2)3)29(35)26(42-32)16-23-13-14-25(41-23)24-15-21(30(36)37)8-7-18(24)4/h7-17,28H,6H2,1-5H3,(H,36,37)/b26-16-/t28-/m0/s1. The molecule has 42 heavy (non-hydrogen) atoms. The fourth-order valence-electron chi connectivity index (χ4n) is 4.83. The Bertz CT molecular complexity index is 1890. The van der Waals surface area contributed by atoms with Crippen LogP contribution in [-0.2, 0) is 9.53 Å². The van der Waals surface area contributed by atoms with Gasteiger partial charge in [0, 0.05) is 11.6 Å². The Labute approximate surface area is 245 Å². The number of carbonyl (C=O) groups excluding carboxylic acids is 1. The van der Waals surface area contributed by atoms with Crippen LogP contribution < -0.4 is 19.6 Å². The number of nitrogens with zero attached hydrogens (tertiary/aromatic N) is 2. The third-order valence-corrected chi connectivity index (χ3v) is 7.72. The molecule has 3 heterocycles. The van der Waals surface area contributed by atoms with Crippen LogP contribution in [0.3, 0.4) is 0 Å². The fourth-order valence-corrected chi connectivity index (χ4v) is 5.86. The minimum Gasteiger partial charge on any atom is -0.491 e. The molecule has 0 saturated heterocycles. The van der Waals surface area contributed by atoms with Crippen LogP contribution in [0.25, 0.3) is 17.4 Å². The summed E-state index contributed by atoms with van der Waals surface area (Å²) in [5.41, 5.74) is 2.80.